The maximum atomic E-state index is 10.0. The molecular formula is C35H29N3. The summed E-state index contributed by atoms with van der Waals surface area (Å²) >= 11 is 0. The van der Waals surface area contributed by atoms with Crippen molar-refractivity contribution in [3.63, 3.8) is 0 Å². The molecule has 4 rings (SSSR count). The van der Waals surface area contributed by atoms with Gasteiger partial charge in [0.15, 0.2) is 0 Å². The number of hydrogen-bond donors (Lipinski definition) is 0. The maximum Gasteiger partial charge on any atom is 0.100 e. The van der Waals surface area contributed by atoms with Gasteiger partial charge in [-0.3, -0.25) is 0 Å². The van der Waals surface area contributed by atoms with Crippen LogP contribution in [0.1, 0.15) is 41.7 Å². The zero-order chi connectivity index (χ0) is 27.2. The molecule has 3 heteroatoms. The highest BCUT2D eigenvalue weighted by molar-refractivity contribution is 6.10. The Hall–Kier alpha value is -5.12. The molecule has 0 spiro atoms. The van der Waals surface area contributed by atoms with E-state index in [2.05, 4.69) is 54.5 Å². The SMILES string of the molecule is C=C/C=C(\C)N(C(=C)/C=C\C)c1ccc(C=Cc2ccc3c(C#N)c4cc(C)ccc4c(C#N)c3c2)cc1. The Bertz CT molecular complexity index is 1730. The molecule has 0 unspecified atom stereocenters. The van der Waals surface area contributed by atoms with E-state index < -0.39 is 0 Å². The molecule has 4 aromatic rings. The first-order valence-corrected chi connectivity index (χ1v) is 12.4. The van der Waals surface area contributed by atoms with E-state index in [0.29, 0.717) is 11.1 Å². The molecule has 0 bridgehead atoms. The van der Waals surface area contributed by atoms with Gasteiger partial charge in [-0.1, -0.05) is 85.5 Å². The van der Waals surface area contributed by atoms with E-state index in [1.54, 1.807) is 6.08 Å². The van der Waals surface area contributed by atoms with Crippen molar-refractivity contribution in [3.05, 3.63) is 137 Å². The summed E-state index contributed by atoms with van der Waals surface area (Å²) in [6.45, 7) is 14.0. The Morgan fingerprint density at radius 3 is 2.00 bits per heavy atom. The van der Waals surface area contributed by atoms with Gasteiger partial charge in [0.2, 0.25) is 0 Å². The maximum absolute atomic E-state index is 10.0. The summed E-state index contributed by atoms with van der Waals surface area (Å²) in [5.41, 5.74) is 7.17. The van der Waals surface area contributed by atoms with Gasteiger partial charge in [-0.05, 0) is 62.2 Å². The van der Waals surface area contributed by atoms with Gasteiger partial charge in [-0.15, -0.1) is 0 Å². The van der Waals surface area contributed by atoms with Crippen molar-refractivity contribution < 1.29 is 0 Å². The van der Waals surface area contributed by atoms with Crippen LogP contribution >= 0.6 is 0 Å². The van der Waals surface area contributed by atoms with Crippen LogP contribution in [-0.2, 0) is 0 Å². The molecule has 0 aliphatic heterocycles. The highest BCUT2D eigenvalue weighted by Crippen LogP contribution is 2.34. The van der Waals surface area contributed by atoms with Gasteiger partial charge in [0, 0.05) is 38.6 Å². The lowest BCUT2D eigenvalue weighted by atomic mass is 9.91. The van der Waals surface area contributed by atoms with Crippen LogP contribution < -0.4 is 4.90 Å². The summed E-state index contributed by atoms with van der Waals surface area (Å²) in [6, 6.07) is 24.8. The Balaban J connectivity index is 1.71. The second-order valence-electron chi connectivity index (χ2n) is 9.12. The largest absolute Gasteiger partial charge is 0.315 e. The third-order valence-electron chi connectivity index (χ3n) is 6.50. The predicted molar refractivity (Wildman–Crippen MR) is 161 cm³/mol. The van der Waals surface area contributed by atoms with Gasteiger partial charge >= 0.3 is 0 Å². The number of rotatable bonds is 7. The molecule has 4 aromatic carbocycles. The number of nitriles is 2. The zero-order valence-corrected chi connectivity index (χ0v) is 22.0. The number of fused-ring (bicyclic) bond motifs is 2. The molecule has 0 aliphatic carbocycles. The quantitative estimate of drug-likeness (QED) is 0.147. The molecule has 0 heterocycles. The molecule has 3 nitrogen and oxygen atoms in total. The minimum Gasteiger partial charge on any atom is -0.315 e. The van der Waals surface area contributed by atoms with Crippen LogP contribution in [0.5, 0.6) is 0 Å². The van der Waals surface area contributed by atoms with Crippen LogP contribution in [0.25, 0.3) is 33.7 Å². The second kappa shape index (κ2) is 11.3. The zero-order valence-electron chi connectivity index (χ0n) is 22.0. The second-order valence-corrected chi connectivity index (χ2v) is 9.12. The van der Waals surface area contributed by atoms with E-state index in [1.165, 1.54) is 0 Å². The molecule has 0 saturated carbocycles. The fourth-order valence-electron chi connectivity index (χ4n) is 4.74. The Labute approximate surface area is 224 Å². The third-order valence-corrected chi connectivity index (χ3v) is 6.50. The molecule has 0 aliphatic rings. The molecule has 184 valence electrons. The van der Waals surface area contributed by atoms with Crippen LogP contribution in [0.4, 0.5) is 5.69 Å². The molecule has 38 heavy (non-hydrogen) atoms. The molecule has 0 amide bonds. The fourth-order valence-corrected chi connectivity index (χ4v) is 4.74. The minimum atomic E-state index is 0.595. The summed E-state index contributed by atoms with van der Waals surface area (Å²) in [5.74, 6) is 0. The standard InChI is InChI=1S/C35H29N3/c1-6-8-25(4)38(26(5)9-7-2)29-16-13-27(14-17-29)11-12-28-15-19-31-33(21-28)35(23-37)30-18-10-24(3)20-32(30)34(31)22-36/h6-21H,1,5H2,2-4H3/b9-7-,12-11?,25-8+. The first-order valence-electron chi connectivity index (χ1n) is 12.4. The molecule has 0 N–H and O–H groups in total. The number of benzene rings is 4. The normalized spacial score (nSPS) is 11.7. The van der Waals surface area contributed by atoms with Crippen LogP contribution in [-0.4, -0.2) is 0 Å². The molecule has 0 fully saturated rings. The minimum absolute atomic E-state index is 0.595. The summed E-state index contributed by atoms with van der Waals surface area (Å²) in [7, 11) is 0. The van der Waals surface area contributed by atoms with Gasteiger partial charge in [-0.2, -0.15) is 10.5 Å². The van der Waals surface area contributed by atoms with E-state index in [1.807, 2.05) is 87.5 Å². The van der Waals surface area contributed by atoms with Crippen molar-refractivity contribution in [1.82, 2.24) is 0 Å². The number of hydrogen-bond acceptors (Lipinski definition) is 3. The highest BCUT2D eigenvalue weighted by atomic mass is 15.1. The van der Waals surface area contributed by atoms with E-state index in [-0.39, 0.29) is 0 Å². The Morgan fingerprint density at radius 1 is 0.816 bits per heavy atom. The van der Waals surface area contributed by atoms with Crippen molar-refractivity contribution >= 4 is 39.4 Å². The van der Waals surface area contributed by atoms with Crippen molar-refractivity contribution in [2.24, 2.45) is 0 Å². The fraction of sp³-hybridized carbons (Fsp3) is 0.0857. The molecule has 0 saturated heterocycles. The first kappa shape index (κ1) is 26.0. The Morgan fingerprint density at radius 2 is 1.39 bits per heavy atom. The summed E-state index contributed by atoms with van der Waals surface area (Å²) in [5, 5.41) is 23.2. The van der Waals surface area contributed by atoms with Gasteiger partial charge in [-0.25, -0.2) is 0 Å². The number of anilines is 1. The monoisotopic (exact) mass is 491 g/mol. The van der Waals surface area contributed by atoms with E-state index >= 15 is 0 Å². The van der Waals surface area contributed by atoms with Crippen molar-refractivity contribution in [2.75, 3.05) is 4.90 Å². The molecular weight excluding hydrogens is 462 g/mol. The predicted octanol–water partition coefficient (Wildman–Crippen LogP) is 9.20. The number of nitrogens with zero attached hydrogens (tertiary/aromatic N) is 3. The topological polar surface area (TPSA) is 50.8 Å². The smallest absolute Gasteiger partial charge is 0.100 e. The molecule has 0 aromatic heterocycles. The lowest BCUT2D eigenvalue weighted by Crippen LogP contribution is -2.18. The first-order chi connectivity index (χ1) is 18.4. The van der Waals surface area contributed by atoms with Crippen molar-refractivity contribution in [3.8, 4) is 12.1 Å². The lowest BCUT2D eigenvalue weighted by Gasteiger charge is -2.26. The van der Waals surface area contributed by atoms with E-state index in [0.717, 1.165) is 55.3 Å². The molecule has 0 radical (unpaired) electrons. The molecule has 0 atom stereocenters. The van der Waals surface area contributed by atoms with Gasteiger partial charge in [0.1, 0.15) is 12.1 Å². The van der Waals surface area contributed by atoms with Crippen LogP contribution in [0.2, 0.25) is 0 Å². The highest BCUT2D eigenvalue weighted by Gasteiger charge is 2.14. The number of aryl methyl sites for hydroxylation is 1. The van der Waals surface area contributed by atoms with Crippen molar-refractivity contribution in [1.29, 1.82) is 10.5 Å². The van der Waals surface area contributed by atoms with Crippen LogP contribution in [0, 0.1) is 29.6 Å². The summed E-state index contributed by atoms with van der Waals surface area (Å²) in [6.07, 6.45) is 11.8. The van der Waals surface area contributed by atoms with E-state index in [4.69, 9.17) is 0 Å². The Kier molecular flexibility index (Phi) is 7.72. The lowest BCUT2D eigenvalue weighted by molar-refractivity contribution is 1.10. The third kappa shape index (κ3) is 5.05. The summed E-state index contributed by atoms with van der Waals surface area (Å²) < 4.78 is 0. The summed E-state index contributed by atoms with van der Waals surface area (Å²) in [4.78, 5) is 2.08. The van der Waals surface area contributed by atoms with Gasteiger partial charge in [0.05, 0.1) is 11.1 Å². The van der Waals surface area contributed by atoms with Crippen LogP contribution in [0.15, 0.2) is 110 Å². The number of allylic oxidation sites excluding steroid dienone is 5. The van der Waals surface area contributed by atoms with Gasteiger partial charge < -0.3 is 4.90 Å². The average molecular weight is 492 g/mol. The average Bonchev–Trinajstić information content (AvgIpc) is 2.91. The van der Waals surface area contributed by atoms with Crippen LogP contribution in [0.3, 0.4) is 0 Å². The van der Waals surface area contributed by atoms with Gasteiger partial charge in [0.25, 0.3) is 0 Å². The van der Waals surface area contributed by atoms with E-state index in [9.17, 15) is 10.5 Å². The van der Waals surface area contributed by atoms with Crippen molar-refractivity contribution in [2.45, 2.75) is 20.8 Å².